The average molecular weight is 373 g/mol. The maximum absolute atomic E-state index is 6.01. The third-order valence-corrected chi connectivity index (χ3v) is 5.05. The Labute approximate surface area is 159 Å². The molecule has 2 nitrogen and oxygen atoms in total. The van der Waals surface area contributed by atoms with E-state index in [1.165, 1.54) is 11.1 Å². The zero-order chi connectivity index (χ0) is 17.5. The molecule has 0 spiro atoms. The van der Waals surface area contributed by atoms with Crippen LogP contribution in [0.15, 0.2) is 67.3 Å². The van der Waals surface area contributed by atoms with E-state index >= 15 is 0 Å². The summed E-state index contributed by atoms with van der Waals surface area (Å²) in [5.41, 5.74) is 2.68. The van der Waals surface area contributed by atoms with Crippen LogP contribution in [-0.4, -0.2) is 9.55 Å². The molecule has 1 unspecified atom stereocenters. The van der Waals surface area contributed by atoms with Crippen molar-refractivity contribution in [3.05, 3.63) is 88.4 Å². The van der Waals surface area contributed by atoms with Crippen molar-refractivity contribution in [3.63, 3.8) is 0 Å². The smallest absolute Gasteiger partial charge is 0.0945 e. The summed E-state index contributed by atoms with van der Waals surface area (Å²) in [4.78, 5) is 4.13. The molecule has 0 fully saturated rings. The minimum Gasteiger partial charge on any atom is -0.337 e. The summed E-state index contributed by atoms with van der Waals surface area (Å²) in [5, 5.41) is 1.58. The number of benzene rings is 2. The Morgan fingerprint density at radius 2 is 1.48 bits per heavy atom. The summed E-state index contributed by atoms with van der Waals surface area (Å²) >= 11 is 12.0. The highest BCUT2D eigenvalue weighted by Crippen LogP contribution is 2.21. The Kier molecular flexibility index (Phi) is 6.55. The number of hydrogen-bond acceptors (Lipinski definition) is 1. The molecule has 130 valence electrons. The fraction of sp³-hybridized carbons (Fsp3) is 0.286. The standard InChI is InChI=1S/C21H22Cl2N2/c22-20-7-3-17(4-8-20)1-2-19(11-13-25-14-12-24-16-25)15-18-5-9-21(23)10-6-18/h3-10,12,14,16,19H,1-2,11,13,15H2. The maximum atomic E-state index is 6.01. The molecule has 0 radical (unpaired) electrons. The summed E-state index contributed by atoms with van der Waals surface area (Å²) in [7, 11) is 0. The second kappa shape index (κ2) is 9.07. The van der Waals surface area contributed by atoms with Crippen LogP contribution in [0.5, 0.6) is 0 Å². The highest BCUT2D eigenvalue weighted by molar-refractivity contribution is 6.30. The van der Waals surface area contributed by atoms with Crippen LogP contribution in [-0.2, 0) is 19.4 Å². The number of aromatic nitrogens is 2. The predicted octanol–water partition coefficient (Wildman–Crippen LogP) is 6.07. The van der Waals surface area contributed by atoms with Crippen LogP contribution in [0.2, 0.25) is 10.0 Å². The molecule has 0 aliphatic carbocycles. The van der Waals surface area contributed by atoms with E-state index in [-0.39, 0.29) is 0 Å². The van der Waals surface area contributed by atoms with Gasteiger partial charge >= 0.3 is 0 Å². The molecule has 0 aliphatic heterocycles. The van der Waals surface area contributed by atoms with Gasteiger partial charge in [0.15, 0.2) is 0 Å². The van der Waals surface area contributed by atoms with Gasteiger partial charge in [0.05, 0.1) is 6.33 Å². The topological polar surface area (TPSA) is 17.8 Å². The first-order chi connectivity index (χ1) is 12.2. The number of imidazole rings is 1. The van der Waals surface area contributed by atoms with Gasteiger partial charge in [-0.05, 0) is 67.0 Å². The van der Waals surface area contributed by atoms with Gasteiger partial charge < -0.3 is 4.57 Å². The molecule has 0 saturated carbocycles. The fourth-order valence-electron chi connectivity index (χ4n) is 3.07. The van der Waals surface area contributed by atoms with E-state index in [4.69, 9.17) is 23.2 Å². The second-order valence-corrected chi connectivity index (χ2v) is 7.32. The SMILES string of the molecule is Clc1ccc(CCC(CCn2ccnc2)Cc2ccc(Cl)cc2)cc1. The van der Waals surface area contributed by atoms with Crippen LogP contribution < -0.4 is 0 Å². The van der Waals surface area contributed by atoms with Crippen LogP contribution in [0.25, 0.3) is 0 Å². The summed E-state index contributed by atoms with van der Waals surface area (Å²) in [6, 6.07) is 16.4. The lowest BCUT2D eigenvalue weighted by Crippen LogP contribution is -2.10. The lowest BCUT2D eigenvalue weighted by molar-refractivity contribution is 0.416. The van der Waals surface area contributed by atoms with Gasteiger partial charge in [-0.1, -0.05) is 47.5 Å². The highest BCUT2D eigenvalue weighted by atomic mass is 35.5. The van der Waals surface area contributed by atoms with Crippen LogP contribution in [0.4, 0.5) is 0 Å². The third-order valence-electron chi connectivity index (χ3n) is 4.55. The van der Waals surface area contributed by atoms with Gasteiger partial charge in [0.1, 0.15) is 0 Å². The first kappa shape index (κ1) is 18.0. The van der Waals surface area contributed by atoms with E-state index in [1.54, 1.807) is 0 Å². The summed E-state index contributed by atoms with van der Waals surface area (Å²) in [6.45, 7) is 0.999. The van der Waals surface area contributed by atoms with E-state index in [0.717, 1.165) is 42.3 Å². The van der Waals surface area contributed by atoms with Crippen molar-refractivity contribution < 1.29 is 0 Å². The number of rotatable bonds is 8. The van der Waals surface area contributed by atoms with Crippen LogP contribution in [0, 0.1) is 5.92 Å². The lowest BCUT2D eigenvalue weighted by atomic mass is 9.90. The molecule has 2 aromatic carbocycles. The molecular weight excluding hydrogens is 351 g/mol. The van der Waals surface area contributed by atoms with Crippen LogP contribution in [0.1, 0.15) is 24.0 Å². The molecule has 3 rings (SSSR count). The molecule has 0 aliphatic rings. The van der Waals surface area contributed by atoms with Gasteiger partial charge in [0.25, 0.3) is 0 Å². The van der Waals surface area contributed by atoms with E-state index < -0.39 is 0 Å². The summed E-state index contributed by atoms with van der Waals surface area (Å²) in [5.74, 6) is 0.610. The Bertz CT molecular complexity index is 750. The maximum Gasteiger partial charge on any atom is 0.0945 e. The van der Waals surface area contributed by atoms with E-state index in [9.17, 15) is 0 Å². The summed E-state index contributed by atoms with van der Waals surface area (Å²) < 4.78 is 2.15. The number of halogens is 2. The van der Waals surface area contributed by atoms with Crippen molar-refractivity contribution in [1.29, 1.82) is 0 Å². The second-order valence-electron chi connectivity index (χ2n) is 6.45. The minimum atomic E-state index is 0.610. The van der Waals surface area contributed by atoms with Gasteiger partial charge in [0, 0.05) is 29.0 Å². The van der Waals surface area contributed by atoms with Gasteiger partial charge in [-0.3, -0.25) is 0 Å². The Morgan fingerprint density at radius 1 is 0.840 bits per heavy atom. The average Bonchev–Trinajstić information content (AvgIpc) is 3.14. The largest absolute Gasteiger partial charge is 0.337 e. The summed E-state index contributed by atoms with van der Waals surface area (Å²) in [6.07, 6.45) is 10.2. The highest BCUT2D eigenvalue weighted by Gasteiger charge is 2.11. The van der Waals surface area contributed by atoms with Crippen molar-refractivity contribution in [2.24, 2.45) is 5.92 Å². The van der Waals surface area contributed by atoms with Crippen molar-refractivity contribution in [1.82, 2.24) is 9.55 Å². The number of hydrogen-bond donors (Lipinski definition) is 0. The van der Waals surface area contributed by atoms with Crippen molar-refractivity contribution >= 4 is 23.2 Å². The molecule has 4 heteroatoms. The molecule has 0 N–H and O–H groups in total. The molecule has 1 heterocycles. The zero-order valence-corrected chi connectivity index (χ0v) is 15.6. The molecule has 25 heavy (non-hydrogen) atoms. The van der Waals surface area contributed by atoms with E-state index in [2.05, 4.69) is 33.8 Å². The Morgan fingerprint density at radius 3 is 2.08 bits per heavy atom. The number of aryl methyl sites for hydroxylation is 2. The molecule has 0 bridgehead atoms. The van der Waals surface area contributed by atoms with Crippen LogP contribution >= 0.6 is 23.2 Å². The molecule has 0 amide bonds. The van der Waals surface area contributed by atoms with E-state index in [0.29, 0.717) is 5.92 Å². The minimum absolute atomic E-state index is 0.610. The van der Waals surface area contributed by atoms with E-state index in [1.807, 2.05) is 43.0 Å². The molecule has 3 aromatic rings. The van der Waals surface area contributed by atoms with Crippen molar-refractivity contribution in [2.45, 2.75) is 32.2 Å². The van der Waals surface area contributed by atoms with Gasteiger partial charge in [0.2, 0.25) is 0 Å². The first-order valence-corrected chi connectivity index (χ1v) is 9.39. The van der Waals surface area contributed by atoms with Crippen LogP contribution in [0.3, 0.4) is 0 Å². The third kappa shape index (κ3) is 5.91. The zero-order valence-electron chi connectivity index (χ0n) is 14.1. The molecule has 1 aromatic heterocycles. The first-order valence-electron chi connectivity index (χ1n) is 8.63. The molecule has 1 atom stereocenters. The normalized spacial score (nSPS) is 12.2. The lowest BCUT2D eigenvalue weighted by Gasteiger charge is -2.18. The number of nitrogens with zero attached hydrogens (tertiary/aromatic N) is 2. The Balaban J connectivity index is 1.62. The van der Waals surface area contributed by atoms with Gasteiger partial charge in [-0.25, -0.2) is 4.98 Å². The van der Waals surface area contributed by atoms with Gasteiger partial charge in [-0.2, -0.15) is 0 Å². The van der Waals surface area contributed by atoms with Crippen molar-refractivity contribution in [3.8, 4) is 0 Å². The molecular formula is C21H22Cl2N2. The van der Waals surface area contributed by atoms with Gasteiger partial charge in [-0.15, -0.1) is 0 Å². The van der Waals surface area contributed by atoms with Crippen molar-refractivity contribution in [2.75, 3.05) is 0 Å². The predicted molar refractivity (Wildman–Crippen MR) is 105 cm³/mol. The fourth-order valence-corrected chi connectivity index (χ4v) is 3.33. The monoisotopic (exact) mass is 372 g/mol. The quantitative estimate of drug-likeness (QED) is 0.468. The Hall–Kier alpha value is -1.77. The molecule has 0 saturated heterocycles.